The largest absolute Gasteiger partial charge is 0.490 e. The summed E-state index contributed by atoms with van der Waals surface area (Å²) in [6.45, 7) is 2.29. The zero-order chi connectivity index (χ0) is 15.5. The minimum atomic E-state index is -0.353. The minimum Gasteiger partial charge on any atom is -0.490 e. The van der Waals surface area contributed by atoms with Crippen LogP contribution in [0.25, 0.3) is 5.69 Å². The highest BCUT2D eigenvalue weighted by Crippen LogP contribution is 2.30. The number of rotatable bonds is 5. The molecule has 0 radical (unpaired) electrons. The average Bonchev–Trinajstić information content (AvgIpc) is 2.48. The van der Waals surface area contributed by atoms with Gasteiger partial charge in [0.05, 0.1) is 18.5 Å². The summed E-state index contributed by atoms with van der Waals surface area (Å²) < 4.78 is 6.63. The van der Waals surface area contributed by atoms with Gasteiger partial charge >= 0.3 is 0 Å². The van der Waals surface area contributed by atoms with Crippen molar-refractivity contribution in [2.24, 2.45) is 5.92 Å². The van der Waals surface area contributed by atoms with Gasteiger partial charge in [0.15, 0.2) is 10.8 Å². The molecule has 22 heavy (non-hydrogen) atoms. The van der Waals surface area contributed by atoms with Gasteiger partial charge in [0.25, 0.3) is 5.56 Å². The van der Waals surface area contributed by atoms with E-state index in [4.69, 9.17) is 16.3 Å². The van der Waals surface area contributed by atoms with Crippen molar-refractivity contribution in [1.29, 1.82) is 0 Å². The van der Waals surface area contributed by atoms with Gasteiger partial charge in [-0.2, -0.15) is 9.78 Å². The Labute approximate surface area is 134 Å². The Morgan fingerprint density at radius 3 is 2.91 bits per heavy atom. The van der Waals surface area contributed by atoms with Crippen LogP contribution in [0.4, 0.5) is 0 Å². The van der Waals surface area contributed by atoms with Crippen LogP contribution in [0.5, 0.6) is 5.75 Å². The first kappa shape index (κ1) is 15.1. The highest BCUT2D eigenvalue weighted by Gasteiger charge is 2.18. The van der Waals surface area contributed by atoms with E-state index in [1.807, 2.05) is 25.1 Å². The topological polar surface area (TPSA) is 44.1 Å². The van der Waals surface area contributed by atoms with E-state index in [-0.39, 0.29) is 10.6 Å². The van der Waals surface area contributed by atoms with E-state index in [0.717, 1.165) is 18.0 Å². The molecule has 2 aromatic rings. The van der Waals surface area contributed by atoms with Gasteiger partial charge in [-0.15, -0.1) is 0 Å². The van der Waals surface area contributed by atoms with Crippen LogP contribution in [0.3, 0.4) is 0 Å². The van der Waals surface area contributed by atoms with Crippen LogP contribution in [-0.4, -0.2) is 16.4 Å². The average molecular weight is 319 g/mol. The molecule has 0 aliphatic heterocycles. The zero-order valence-corrected chi connectivity index (χ0v) is 13.3. The molecule has 1 aromatic heterocycles. The molecule has 0 saturated heterocycles. The predicted octanol–water partition coefficient (Wildman–Crippen LogP) is 3.63. The van der Waals surface area contributed by atoms with Crippen LogP contribution < -0.4 is 10.3 Å². The fraction of sp³-hybridized carbons (Fsp3) is 0.412. The molecule has 0 unspecified atom stereocenters. The molecular weight excluding hydrogens is 300 g/mol. The van der Waals surface area contributed by atoms with Crippen molar-refractivity contribution in [1.82, 2.24) is 9.78 Å². The van der Waals surface area contributed by atoms with Gasteiger partial charge in [-0.1, -0.05) is 43.0 Å². The zero-order valence-electron chi connectivity index (χ0n) is 12.6. The maximum atomic E-state index is 12.4. The van der Waals surface area contributed by atoms with Gasteiger partial charge < -0.3 is 4.74 Å². The summed E-state index contributed by atoms with van der Waals surface area (Å²) in [7, 11) is 0. The van der Waals surface area contributed by atoms with Crippen LogP contribution >= 0.6 is 11.6 Å². The quantitative estimate of drug-likeness (QED) is 0.845. The highest BCUT2D eigenvalue weighted by atomic mass is 35.5. The Morgan fingerprint density at radius 2 is 2.23 bits per heavy atom. The summed E-state index contributed by atoms with van der Waals surface area (Å²) in [6.07, 6.45) is 6.49. The first-order valence-electron chi connectivity index (χ1n) is 7.69. The maximum absolute atomic E-state index is 12.4. The van der Waals surface area contributed by atoms with Crippen LogP contribution in [0.2, 0.25) is 5.02 Å². The molecule has 1 heterocycles. The third-order valence-electron chi connectivity index (χ3n) is 4.09. The molecule has 1 aliphatic rings. The summed E-state index contributed by atoms with van der Waals surface area (Å²) in [5.74, 6) is 1.11. The number of benzene rings is 1. The number of nitrogens with zero attached hydrogens (tertiary/aromatic N) is 2. The Bertz CT molecular complexity index is 723. The molecule has 4 nitrogen and oxygen atoms in total. The van der Waals surface area contributed by atoms with Crippen molar-refractivity contribution in [2.75, 3.05) is 6.61 Å². The van der Waals surface area contributed by atoms with Crippen molar-refractivity contribution in [2.45, 2.75) is 32.6 Å². The molecule has 3 rings (SSSR count). The number of hydrogen-bond acceptors (Lipinski definition) is 3. The number of aromatic nitrogens is 2. The van der Waals surface area contributed by atoms with Crippen LogP contribution in [0.15, 0.2) is 35.3 Å². The Balaban J connectivity index is 1.91. The molecule has 0 N–H and O–H groups in total. The lowest BCUT2D eigenvalue weighted by Gasteiger charge is -2.25. The molecule has 1 fully saturated rings. The van der Waals surface area contributed by atoms with Crippen molar-refractivity contribution in [3.63, 3.8) is 0 Å². The molecule has 1 aromatic carbocycles. The molecule has 0 spiro atoms. The fourth-order valence-corrected chi connectivity index (χ4v) is 2.89. The summed E-state index contributed by atoms with van der Waals surface area (Å²) in [5.41, 5.74) is 1.63. The molecule has 116 valence electrons. The number of halogens is 1. The van der Waals surface area contributed by atoms with E-state index >= 15 is 0 Å². The number of ether oxygens (including phenoxy) is 1. The van der Waals surface area contributed by atoms with E-state index in [1.54, 1.807) is 0 Å². The molecule has 5 heteroatoms. The second-order valence-electron chi connectivity index (χ2n) is 5.64. The molecule has 1 saturated carbocycles. The monoisotopic (exact) mass is 318 g/mol. The molecule has 1 aliphatic carbocycles. The molecule has 0 amide bonds. The first-order chi connectivity index (χ1) is 10.7. The fourth-order valence-electron chi connectivity index (χ4n) is 2.70. The van der Waals surface area contributed by atoms with E-state index in [2.05, 4.69) is 11.2 Å². The smallest absolute Gasteiger partial charge is 0.294 e. The highest BCUT2D eigenvalue weighted by molar-refractivity contribution is 6.31. The van der Waals surface area contributed by atoms with Crippen LogP contribution in [0, 0.1) is 5.92 Å². The van der Waals surface area contributed by atoms with E-state index in [0.29, 0.717) is 12.4 Å². The van der Waals surface area contributed by atoms with Crippen LogP contribution in [-0.2, 0) is 6.42 Å². The Hall–Kier alpha value is -1.81. The SMILES string of the molecule is CCOc1cnn(-c2cccc(CC3CCC3)c2)c(=O)c1Cl. The summed E-state index contributed by atoms with van der Waals surface area (Å²) in [6, 6.07) is 7.95. The second kappa shape index (κ2) is 6.53. The van der Waals surface area contributed by atoms with E-state index in [1.165, 1.54) is 35.7 Å². The standard InChI is InChI=1S/C17H19ClN2O2/c1-2-22-15-11-19-20(17(21)16(15)18)14-8-4-7-13(10-14)9-12-5-3-6-12/h4,7-8,10-12H,2-3,5-6,9H2,1H3. The van der Waals surface area contributed by atoms with Gasteiger partial charge in [0.1, 0.15) is 0 Å². The van der Waals surface area contributed by atoms with Crippen molar-refractivity contribution < 1.29 is 4.74 Å². The van der Waals surface area contributed by atoms with Gasteiger partial charge in [0.2, 0.25) is 0 Å². The molecule has 0 bridgehead atoms. The third kappa shape index (κ3) is 3.02. The van der Waals surface area contributed by atoms with E-state index in [9.17, 15) is 4.79 Å². The van der Waals surface area contributed by atoms with Crippen molar-refractivity contribution >= 4 is 11.6 Å². The summed E-state index contributed by atoms with van der Waals surface area (Å²) in [5, 5.41) is 4.25. The third-order valence-corrected chi connectivity index (χ3v) is 4.44. The van der Waals surface area contributed by atoms with Gasteiger partial charge in [-0.3, -0.25) is 4.79 Å². The first-order valence-corrected chi connectivity index (χ1v) is 8.06. The lowest BCUT2D eigenvalue weighted by atomic mass is 9.81. The van der Waals surface area contributed by atoms with Gasteiger partial charge in [0, 0.05) is 0 Å². The normalized spacial score (nSPS) is 14.6. The van der Waals surface area contributed by atoms with Gasteiger partial charge in [-0.25, -0.2) is 0 Å². The lowest BCUT2D eigenvalue weighted by Crippen LogP contribution is -2.22. The lowest BCUT2D eigenvalue weighted by molar-refractivity contribution is 0.314. The van der Waals surface area contributed by atoms with Crippen LogP contribution in [0.1, 0.15) is 31.7 Å². The summed E-state index contributed by atoms with van der Waals surface area (Å²) >= 11 is 6.08. The second-order valence-corrected chi connectivity index (χ2v) is 6.02. The summed E-state index contributed by atoms with van der Waals surface area (Å²) in [4.78, 5) is 12.4. The molecular formula is C17H19ClN2O2. The minimum absolute atomic E-state index is 0.0706. The maximum Gasteiger partial charge on any atom is 0.294 e. The van der Waals surface area contributed by atoms with Crippen molar-refractivity contribution in [3.8, 4) is 11.4 Å². The van der Waals surface area contributed by atoms with E-state index < -0.39 is 0 Å². The predicted molar refractivity (Wildman–Crippen MR) is 87.1 cm³/mol. The van der Waals surface area contributed by atoms with Gasteiger partial charge in [-0.05, 0) is 37.0 Å². The Kier molecular flexibility index (Phi) is 4.48. The van der Waals surface area contributed by atoms with Crippen molar-refractivity contribution in [3.05, 3.63) is 51.4 Å². The Morgan fingerprint density at radius 1 is 1.41 bits per heavy atom. The number of hydrogen-bond donors (Lipinski definition) is 0. The molecule has 0 atom stereocenters.